The van der Waals surface area contributed by atoms with Gasteiger partial charge in [0.1, 0.15) is 0 Å². The van der Waals surface area contributed by atoms with E-state index in [4.69, 9.17) is 4.74 Å². The summed E-state index contributed by atoms with van der Waals surface area (Å²) in [6.45, 7) is 6.88. The summed E-state index contributed by atoms with van der Waals surface area (Å²) in [7, 11) is 1.59. The Morgan fingerprint density at radius 1 is 1.39 bits per heavy atom. The van der Waals surface area contributed by atoms with Crippen molar-refractivity contribution in [2.45, 2.75) is 39.3 Å². The fourth-order valence-corrected chi connectivity index (χ4v) is 2.69. The molecule has 2 rings (SSSR count). The van der Waals surface area contributed by atoms with E-state index in [0.717, 1.165) is 11.3 Å². The van der Waals surface area contributed by atoms with Gasteiger partial charge in [-0.3, -0.25) is 4.79 Å². The van der Waals surface area contributed by atoms with Crippen LogP contribution in [0.3, 0.4) is 0 Å². The van der Waals surface area contributed by atoms with Gasteiger partial charge in [0.25, 0.3) is 0 Å². The largest absolute Gasteiger partial charge is 0.383 e. The maximum atomic E-state index is 12.2. The smallest absolute Gasteiger partial charge is 0.315 e. The summed E-state index contributed by atoms with van der Waals surface area (Å²) < 4.78 is 4.98. The Bertz CT molecular complexity index is 588. The van der Waals surface area contributed by atoms with Gasteiger partial charge in [-0.25, -0.2) is 4.79 Å². The van der Waals surface area contributed by atoms with Crippen molar-refractivity contribution in [2.24, 2.45) is 0 Å². The Morgan fingerprint density at radius 2 is 2.13 bits per heavy atom. The minimum atomic E-state index is -0.269. The minimum Gasteiger partial charge on any atom is -0.383 e. The summed E-state index contributed by atoms with van der Waals surface area (Å²) >= 11 is 0. The topological polar surface area (TPSA) is 70.7 Å². The minimum absolute atomic E-state index is 0.0310. The maximum Gasteiger partial charge on any atom is 0.315 e. The Kier molecular flexibility index (Phi) is 5.60. The van der Waals surface area contributed by atoms with Crippen LogP contribution in [0, 0.1) is 13.8 Å². The molecule has 6 nitrogen and oxygen atoms in total. The average Bonchev–Trinajstić information content (AvgIpc) is 2.82. The average molecular weight is 319 g/mol. The zero-order valence-electron chi connectivity index (χ0n) is 14.2. The number of aryl methyl sites for hydroxylation is 2. The van der Waals surface area contributed by atoms with Crippen molar-refractivity contribution in [3.05, 3.63) is 29.3 Å². The molecule has 0 bridgehead atoms. The second-order valence-electron chi connectivity index (χ2n) is 6.15. The van der Waals surface area contributed by atoms with Crippen LogP contribution < -0.4 is 15.5 Å². The number of urea groups is 1. The molecule has 1 saturated heterocycles. The van der Waals surface area contributed by atoms with Crippen LogP contribution in [-0.4, -0.2) is 44.3 Å². The predicted molar refractivity (Wildman–Crippen MR) is 89.7 cm³/mol. The van der Waals surface area contributed by atoms with Crippen molar-refractivity contribution in [1.82, 2.24) is 10.6 Å². The van der Waals surface area contributed by atoms with E-state index in [1.807, 2.05) is 39.0 Å². The van der Waals surface area contributed by atoms with Crippen LogP contribution in [0.2, 0.25) is 0 Å². The number of benzene rings is 1. The Hall–Kier alpha value is -2.08. The van der Waals surface area contributed by atoms with Crippen LogP contribution in [0.15, 0.2) is 18.2 Å². The molecule has 1 aromatic rings. The lowest BCUT2D eigenvalue weighted by atomic mass is 10.1. The number of anilines is 1. The Morgan fingerprint density at radius 3 is 2.78 bits per heavy atom. The number of carbonyl (C=O) groups is 2. The quantitative estimate of drug-likeness (QED) is 0.868. The zero-order valence-corrected chi connectivity index (χ0v) is 14.2. The monoisotopic (exact) mass is 319 g/mol. The molecule has 0 aromatic heterocycles. The highest BCUT2D eigenvalue weighted by molar-refractivity contribution is 5.96. The molecule has 23 heavy (non-hydrogen) atoms. The van der Waals surface area contributed by atoms with E-state index in [0.29, 0.717) is 19.6 Å². The fraction of sp³-hybridized carbons (Fsp3) is 0.529. The molecule has 3 amide bonds. The first kappa shape index (κ1) is 17.3. The summed E-state index contributed by atoms with van der Waals surface area (Å²) in [5.74, 6) is 0.0310. The predicted octanol–water partition coefficient (Wildman–Crippen LogP) is 1.74. The van der Waals surface area contributed by atoms with Gasteiger partial charge in [0.2, 0.25) is 5.91 Å². The third-order valence-corrected chi connectivity index (χ3v) is 4.06. The lowest BCUT2D eigenvalue weighted by Gasteiger charge is -2.19. The molecule has 6 heteroatoms. The number of rotatable bonds is 5. The normalized spacial score (nSPS) is 18.9. The highest BCUT2D eigenvalue weighted by atomic mass is 16.5. The van der Waals surface area contributed by atoms with Crippen molar-refractivity contribution in [3.63, 3.8) is 0 Å². The molecule has 0 spiro atoms. The van der Waals surface area contributed by atoms with Gasteiger partial charge in [-0.05, 0) is 44.0 Å². The number of amides is 3. The van der Waals surface area contributed by atoms with Crippen molar-refractivity contribution in [2.75, 3.05) is 25.2 Å². The highest BCUT2D eigenvalue weighted by Crippen LogP contribution is 2.24. The van der Waals surface area contributed by atoms with Gasteiger partial charge in [0.05, 0.1) is 18.7 Å². The van der Waals surface area contributed by atoms with Gasteiger partial charge in [-0.2, -0.15) is 0 Å². The van der Waals surface area contributed by atoms with Crippen LogP contribution in [-0.2, 0) is 9.53 Å². The van der Waals surface area contributed by atoms with Crippen LogP contribution >= 0.6 is 0 Å². The van der Waals surface area contributed by atoms with E-state index in [2.05, 4.69) is 10.6 Å². The molecule has 1 aliphatic heterocycles. The molecule has 0 unspecified atom stereocenters. The SMILES string of the molecule is COC[C@H](C)NC(=O)N[C@H]1CC(=O)N(c2ccc(C)c(C)c2)C1. The van der Waals surface area contributed by atoms with Gasteiger partial charge in [-0.15, -0.1) is 0 Å². The molecular weight excluding hydrogens is 294 g/mol. The number of carbonyl (C=O) groups excluding carboxylic acids is 2. The number of nitrogens with one attached hydrogen (secondary N) is 2. The van der Waals surface area contributed by atoms with E-state index in [1.54, 1.807) is 12.0 Å². The first-order valence-corrected chi connectivity index (χ1v) is 7.84. The summed E-state index contributed by atoms with van der Waals surface area (Å²) in [5.41, 5.74) is 3.23. The second-order valence-corrected chi connectivity index (χ2v) is 6.15. The van der Waals surface area contributed by atoms with E-state index in [-0.39, 0.29) is 24.0 Å². The summed E-state index contributed by atoms with van der Waals surface area (Å²) in [6, 6.07) is 5.44. The van der Waals surface area contributed by atoms with Gasteiger partial charge in [-0.1, -0.05) is 6.07 Å². The second kappa shape index (κ2) is 7.46. The number of ether oxygens (including phenoxy) is 1. The number of hydrogen-bond acceptors (Lipinski definition) is 3. The van der Waals surface area contributed by atoms with Crippen LogP contribution in [0.25, 0.3) is 0 Å². The molecule has 2 atom stereocenters. The van der Waals surface area contributed by atoms with E-state index >= 15 is 0 Å². The molecule has 1 fully saturated rings. The molecule has 1 aromatic carbocycles. The molecule has 2 N–H and O–H groups in total. The first-order chi connectivity index (χ1) is 10.9. The third-order valence-electron chi connectivity index (χ3n) is 4.06. The molecule has 0 radical (unpaired) electrons. The molecule has 126 valence electrons. The fourth-order valence-electron chi connectivity index (χ4n) is 2.69. The lowest BCUT2D eigenvalue weighted by molar-refractivity contribution is -0.117. The van der Waals surface area contributed by atoms with Crippen molar-refractivity contribution < 1.29 is 14.3 Å². The molecule has 0 saturated carbocycles. The molecule has 0 aliphatic carbocycles. The van der Waals surface area contributed by atoms with E-state index < -0.39 is 0 Å². The standard InChI is InChI=1S/C17H25N3O3/c1-11-5-6-15(7-12(11)2)20-9-14(8-16(20)21)19-17(22)18-13(3)10-23-4/h5-7,13-14H,8-10H2,1-4H3,(H2,18,19,22)/t13-,14-/m0/s1. The van der Waals surface area contributed by atoms with Gasteiger partial charge in [0.15, 0.2) is 0 Å². The molecule has 1 heterocycles. The van der Waals surface area contributed by atoms with Crippen molar-refractivity contribution >= 4 is 17.6 Å². The highest BCUT2D eigenvalue weighted by Gasteiger charge is 2.31. The third kappa shape index (κ3) is 4.45. The summed E-state index contributed by atoms with van der Waals surface area (Å²) in [5, 5.41) is 5.65. The number of hydrogen-bond donors (Lipinski definition) is 2. The van der Waals surface area contributed by atoms with E-state index in [9.17, 15) is 9.59 Å². The molecular formula is C17H25N3O3. The van der Waals surface area contributed by atoms with Gasteiger partial charge in [0, 0.05) is 25.8 Å². The molecule has 1 aliphatic rings. The van der Waals surface area contributed by atoms with Crippen LogP contribution in [0.4, 0.5) is 10.5 Å². The first-order valence-electron chi connectivity index (χ1n) is 7.84. The maximum absolute atomic E-state index is 12.2. The van der Waals surface area contributed by atoms with Gasteiger partial charge >= 0.3 is 6.03 Å². The number of nitrogens with zero attached hydrogens (tertiary/aromatic N) is 1. The van der Waals surface area contributed by atoms with Crippen LogP contribution in [0.5, 0.6) is 0 Å². The van der Waals surface area contributed by atoms with E-state index in [1.165, 1.54) is 5.56 Å². The lowest BCUT2D eigenvalue weighted by Crippen LogP contribution is -2.47. The Labute approximate surface area is 137 Å². The van der Waals surface area contributed by atoms with Crippen LogP contribution in [0.1, 0.15) is 24.5 Å². The summed E-state index contributed by atoms with van der Waals surface area (Å²) in [4.78, 5) is 25.9. The van der Waals surface area contributed by atoms with Crippen molar-refractivity contribution in [1.29, 1.82) is 0 Å². The Balaban J connectivity index is 1.94. The van der Waals surface area contributed by atoms with Gasteiger partial charge < -0.3 is 20.3 Å². The zero-order chi connectivity index (χ0) is 17.0. The summed E-state index contributed by atoms with van der Waals surface area (Å²) in [6.07, 6.45) is 0.318. The van der Waals surface area contributed by atoms with Crippen molar-refractivity contribution in [3.8, 4) is 0 Å². The number of methoxy groups -OCH3 is 1.